The second-order valence-corrected chi connectivity index (χ2v) is 4.28. The Kier molecular flexibility index (Phi) is 5.18. The van der Waals surface area contributed by atoms with Gasteiger partial charge in [0, 0.05) is 12.0 Å². The second-order valence-electron chi connectivity index (χ2n) is 4.28. The molecule has 0 bridgehead atoms. The van der Waals surface area contributed by atoms with Crippen molar-refractivity contribution >= 4 is 5.97 Å². The Morgan fingerprint density at radius 3 is 2.40 bits per heavy atom. The van der Waals surface area contributed by atoms with E-state index in [1.807, 2.05) is 54.6 Å². The molecule has 0 heterocycles. The highest BCUT2D eigenvalue weighted by atomic mass is 16.6. The van der Waals surface area contributed by atoms with Gasteiger partial charge in [0.2, 0.25) is 0 Å². The molecule has 3 nitrogen and oxygen atoms in total. The number of ether oxygens (including phenoxy) is 2. The van der Waals surface area contributed by atoms with E-state index >= 15 is 0 Å². The number of carbonyl (C=O) groups excluding carboxylic acids is 1. The lowest BCUT2D eigenvalue weighted by molar-refractivity contribution is -0.143. The Hall–Kier alpha value is -2.29. The van der Waals surface area contributed by atoms with E-state index in [1.165, 1.54) is 0 Å². The predicted molar refractivity (Wildman–Crippen MR) is 78.6 cm³/mol. The molecule has 0 amide bonds. The Morgan fingerprint density at radius 1 is 0.950 bits per heavy atom. The van der Waals surface area contributed by atoms with Crippen molar-refractivity contribution in [2.24, 2.45) is 0 Å². The first-order valence-corrected chi connectivity index (χ1v) is 6.74. The van der Waals surface area contributed by atoms with E-state index in [1.54, 1.807) is 6.92 Å². The normalized spacial score (nSPS) is 10.1. The third kappa shape index (κ3) is 3.85. The van der Waals surface area contributed by atoms with E-state index < -0.39 is 0 Å². The van der Waals surface area contributed by atoms with Crippen LogP contribution >= 0.6 is 0 Å². The van der Waals surface area contributed by atoms with Gasteiger partial charge in [0.25, 0.3) is 0 Å². The topological polar surface area (TPSA) is 35.5 Å². The van der Waals surface area contributed by atoms with Crippen LogP contribution in [0.3, 0.4) is 0 Å². The van der Waals surface area contributed by atoms with E-state index in [4.69, 9.17) is 9.47 Å². The van der Waals surface area contributed by atoms with Gasteiger partial charge in [0.05, 0.1) is 0 Å². The molecule has 2 aromatic carbocycles. The molecule has 0 unspecified atom stereocenters. The van der Waals surface area contributed by atoms with Gasteiger partial charge in [-0.1, -0.05) is 55.5 Å². The molecule has 2 aromatic rings. The minimum absolute atomic E-state index is 0.204. The molecule has 0 saturated heterocycles. The van der Waals surface area contributed by atoms with Crippen molar-refractivity contribution in [2.75, 3.05) is 13.2 Å². The fourth-order valence-corrected chi connectivity index (χ4v) is 1.86. The molecule has 0 aliphatic carbocycles. The molecule has 0 aliphatic rings. The highest BCUT2D eigenvalue weighted by Crippen LogP contribution is 2.29. The third-order valence-corrected chi connectivity index (χ3v) is 2.86. The lowest BCUT2D eigenvalue weighted by atomic mass is 10.1. The van der Waals surface area contributed by atoms with Crippen LogP contribution in [0.2, 0.25) is 0 Å². The summed E-state index contributed by atoms with van der Waals surface area (Å²) in [6, 6.07) is 17.9. The summed E-state index contributed by atoms with van der Waals surface area (Å²) < 4.78 is 10.7. The number of hydrogen-bond donors (Lipinski definition) is 0. The maximum Gasteiger partial charge on any atom is 0.305 e. The smallest absolute Gasteiger partial charge is 0.305 e. The van der Waals surface area contributed by atoms with Crippen molar-refractivity contribution in [1.82, 2.24) is 0 Å². The fourth-order valence-electron chi connectivity index (χ4n) is 1.86. The Labute approximate surface area is 119 Å². The van der Waals surface area contributed by atoms with E-state index in [0.29, 0.717) is 13.0 Å². The molecule has 2 rings (SSSR count). The van der Waals surface area contributed by atoms with Crippen molar-refractivity contribution in [3.63, 3.8) is 0 Å². The average molecular weight is 270 g/mol. The molecule has 0 radical (unpaired) electrons. The first-order valence-electron chi connectivity index (χ1n) is 6.74. The molecule has 0 aromatic heterocycles. The van der Waals surface area contributed by atoms with Crippen LogP contribution in [0.25, 0.3) is 11.1 Å². The molecule has 0 N–H and O–H groups in total. The van der Waals surface area contributed by atoms with Gasteiger partial charge in [-0.15, -0.1) is 0 Å². The van der Waals surface area contributed by atoms with Gasteiger partial charge in [0.15, 0.2) is 0 Å². The van der Waals surface area contributed by atoms with Gasteiger partial charge in [-0.05, 0) is 11.6 Å². The minimum atomic E-state index is -0.204. The maximum absolute atomic E-state index is 11.0. The van der Waals surface area contributed by atoms with Crippen molar-refractivity contribution in [3.8, 4) is 16.9 Å². The maximum atomic E-state index is 11.0. The molecule has 0 atom stereocenters. The molecular weight excluding hydrogens is 252 g/mol. The number of hydrogen-bond acceptors (Lipinski definition) is 3. The van der Waals surface area contributed by atoms with Crippen LogP contribution in [0.5, 0.6) is 5.75 Å². The summed E-state index contributed by atoms with van der Waals surface area (Å²) in [7, 11) is 0. The molecular formula is C17H18O3. The highest BCUT2D eigenvalue weighted by molar-refractivity contribution is 5.70. The first kappa shape index (κ1) is 14.1. The summed E-state index contributed by atoms with van der Waals surface area (Å²) in [5.41, 5.74) is 2.14. The van der Waals surface area contributed by atoms with Crippen LogP contribution in [0.1, 0.15) is 13.3 Å². The van der Waals surface area contributed by atoms with E-state index in [-0.39, 0.29) is 12.6 Å². The van der Waals surface area contributed by atoms with Gasteiger partial charge < -0.3 is 9.47 Å². The molecule has 0 aliphatic heterocycles. The summed E-state index contributed by atoms with van der Waals surface area (Å²) in [6.07, 6.45) is 0.389. The second kappa shape index (κ2) is 7.34. The van der Waals surface area contributed by atoms with Crippen LogP contribution in [0.4, 0.5) is 0 Å². The molecule has 20 heavy (non-hydrogen) atoms. The van der Waals surface area contributed by atoms with Crippen LogP contribution in [0.15, 0.2) is 54.6 Å². The van der Waals surface area contributed by atoms with Crippen molar-refractivity contribution < 1.29 is 14.3 Å². The number of esters is 1. The predicted octanol–water partition coefficient (Wildman–Crippen LogP) is 3.69. The van der Waals surface area contributed by atoms with E-state index in [2.05, 4.69) is 0 Å². The summed E-state index contributed by atoms with van der Waals surface area (Å²) in [5.74, 6) is 0.594. The number of carbonyl (C=O) groups is 1. The Bertz CT molecular complexity index is 549. The first-order chi connectivity index (χ1) is 9.81. The summed E-state index contributed by atoms with van der Waals surface area (Å²) in [6.45, 7) is 2.40. The molecule has 104 valence electrons. The lowest BCUT2D eigenvalue weighted by Gasteiger charge is -2.11. The Morgan fingerprint density at radius 2 is 1.65 bits per heavy atom. The van der Waals surface area contributed by atoms with Crippen LogP contribution in [0, 0.1) is 0 Å². The zero-order chi connectivity index (χ0) is 14.2. The highest BCUT2D eigenvalue weighted by Gasteiger charge is 2.05. The number of para-hydroxylation sites is 1. The zero-order valence-electron chi connectivity index (χ0n) is 11.5. The molecule has 3 heteroatoms. The average Bonchev–Trinajstić information content (AvgIpc) is 2.52. The SMILES string of the molecule is CCC(=O)OCCOc1ccccc1-c1ccccc1. The van der Waals surface area contributed by atoms with Gasteiger partial charge in [0.1, 0.15) is 19.0 Å². The quantitative estimate of drug-likeness (QED) is 0.593. The Balaban J connectivity index is 2.00. The fraction of sp³-hybridized carbons (Fsp3) is 0.235. The number of benzene rings is 2. The van der Waals surface area contributed by atoms with Crippen LogP contribution < -0.4 is 4.74 Å². The van der Waals surface area contributed by atoms with E-state index in [9.17, 15) is 4.79 Å². The van der Waals surface area contributed by atoms with Crippen molar-refractivity contribution in [2.45, 2.75) is 13.3 Å². The standard InChI is InChI=1S/C17H18O3/c1-2-17(18)20-13-12-19-16-11-7-6-10-15(16)14-8-4-3-5-9-14/h3-11H,2,12-13H2,1H3. The summed E-state index contributed by atoms with van der Waals surface area (Å²) in [5, 5.41) is 0. The van der Waals surface area contributed by atoms with Gasteiger partial charge in [-0.25, -0.2) is 0 Å². The summed E-state index contributed by atoms with van der Waals surface area (Å²) in [4.78, 5) is 11.0. The van der Waals surface area contributed by atoms with Crippen molar-refractivity contribution in [3.05, 3.63) is 54.6 Å². The monoisotopic (exact) mass is 270 g/mol. The molecule has 0 fully saturated rings. The third-order valence-electron chi connectivity index (χ3n) is 2.86. The van der Waals surface area contributed by atoms with Crippen LogP contribution in [-0.4, -0.2) is 19.2 Å². The van der Waals surface area contributed by atoms with Crippen LogP contribution in [-0.2, 0) is 9.53 Å². The molecule has 0 saturated carbocycles. The van der Waals surface area contributed by atoms with Gasteiger partial charge >= 0.3 is 5.97 Å². The van der Waals surface area contributed by atoms with E-state index in [0.717, 1.165) is 16.9 Å². The lowest BCUT2D eigenvalue weighted by Crippen LogP contribution is -2.11. The largest absolute Gasteiger partial charge is 0.489 e. The van der Waals surface area contributed by atoms with Gasteiger partial charge in [-0.3, -0.25) is 4.79 Å². The minimum Gasteiger partial charge on any atom is -0.489 e. The van der Waals surface area contributed by atoms with Crippen molar-refractivity contribution in [1.29, 1.82) is 0 Å². The molecule has 0 spiro atoms. The van der Waals surface area contributed by atoms with Gasteiger partial charge in [-0.2, -0.15) is 0 Å². The number of rotatable bonds is 6. The summed E-state index contributed by atoms with van der Waals surface area (Å²) >= 11 is 0. The zero-order valence-corrected chi connectivity index (χ0v) is 11.5.